The number of carbonyl (C=O) groups is 1. The largest absolute Gasteiger partial charge is 0.350 e. The van der Waals surface area contributed by atoms with E-state index in [9.17, 15) is 4.79 Å². The molecule has 0 aliphatic heterocycles. The van der Waals surface area contributed by atoms with Gasteiger partial charge in [-0.1, -0.05) is 37.0 Å². The molecule has 17 heavy (non-hydrogen) atoms. The predicted octanol–water partition coefficient (Wildman–Crippen LogP) is 4.16. The number of carbonyl (C=O) groups excluding carboxylic acids is 1. The van der Waals surface area contributed by atoms with Crippen LogP contribution in [0.2, 0.25) is 10.0 Å². The van der Waals surface area contributed by atoms with Gasteiger partial charge in [-0.2, -0.15) is 0 Å². The van der Waals surface area contributed by atoms with Crippen LogP contribution >= 0.6 is 23.2 Å². The van der Waals surface area contributed by atoms with Crippen molar-refractivity contribution in [3.63, 3.8) is 0 Å². The van der Waals surface area contributed by atoms with Crippen molar-refractivity contribution in [2.24, 2.45) is 5.92 Å². The Morgan fingerprint density at radius 1 is 1.29 bits per heavy atom. The van der Waals surface area contributed by atoms with Crippen molar-refractivity contribution in [2.75, 3.05) is 0 Å². The molecular formula is C13H17Cl2NO. The molecule has 0 saturated heterocycles. The number of nitrogens with one attached hydrogen (secondary N) is 1. The molecule has 1 atom stereocenters. The number of hydrogen-bond acceptors (Lipinski definition) is 1. The first-order chi connectivity index (χ1) is 7.90. The summed E-state index contributed by atoms with van der Waals surface area (Å²) in [5, 5.41) is 3.83. The second-order valence-corrected chi connectivity index (χ2v) is 5.47. The van der Waals surface area contributed by atoms with Crippen LogP contribution in [0.25, 0.3) is 0 Å². The van der Waals surface area contributed by atoms with Gasteiger partial charge < -0.3 is 5.32 Å². The lowest BCUT2D eigenvalue weighted by molar-refractivity contribution is 0.0936. The van der Waals surface area contributed by atoms with Crippen molar-refractivity contribution in [1.29, 1.82) is 0 Å². The minimum Gasteiger partial charge on any atom is -0.350 e. The highest BCUT2D eigenvalue weighted by Crippen LogP contribution is 2.21. The lowest BCUT2D eigenvalue weighted by Crippen LogP contribution is -2.33. The second kappa shape index (κ2) is 6.27. The summed E-state index contributed by atoms with van der Waals surface area (Å²) >= 11 is 11.7. The Hall–Kier alpha value is -0.730. The van der Waals surface area contributed by atoms with Crippen LogP contribution in [-0.4, -0.2) is 11.9 Å². The van der Waals surface area contributed by atoms with Crippen LogP contribution in [0.5, 0.6) is 0 Å². The molecule has 1 aromatic rings. The Balaban J connectivity index is 2.70. The van der Waals surface area contributed by atoms with Gasteiger partial charge in [0.2, 0.25) is 0 Å². The highest BCUT2D eigenvalue weighted by Gasteiger charge is 2.13. The van der Waals surface area contributed by atoms with E-state index in [0.29, 0.717) is 21.5 Å². The molecule has 0 spiro atoms. The SMILES string of the molecule is CC(C)C[C@@H](C)NC(=O)c1ccc(Cl)cc1Cl. The summed E-state index contributed by atoms with van der Waals surface area (Å²) in [7, 11) is 0. The van der Waals surface area contributed by atoms with Crippen LogP contribution in [0.4, 0.5) is 0 Å². The molecule has 94 valence electrons. The Morgan fingerprint density at radius 3 is 2.47 bits per heavy atom. The highest BCUT2D eigenvalue weighted by molar-refractivity contribution is 6.36. The highest BCUT2D eigenvalue weighted by atomic mass is 35.5. The van der Waals surface area contributed by atoms with Crippen LogP contribution in [0.3, 0.4) is 0 Å². The summed E-state index contributed by atoms with van der Waals surface area (Å²) in [6.45, 7) is 6.23. The van der Waals surface area contributed by atoms with Gasteiger partial charge in [-0.15, -0.1) is 0 Å². The molecule has 1 aromatic carbocycles. The molecule has 0 heterocycles. The fourth-order valence-corrected chi connectivity index (χ4v) is 2.24. The molecule has 0 aliphatic carbocycles. The summed E-state index contributed by atoms with van der Waals surface area (Å²) in [6, 6.07) is 5.01. The maximum atomic E-state index is 11.9. The number of amides is 1. The summed E-state index contributed by atoms with van der Waals surface area (Å²) in [4.78, 5) is 11.9. The summed E-state index contributed by atoms with van der Waals surface area (Å²) in [5.41, 5.74) is 0.465. The first kappa shape index (κ1) is 14.3. The van der Waals surface area contributed by atoms with Gasteiger partial charge in [0.1, 0.15) is 0 Å². The first-order valence-corrected chi connectivity index (χ1v) is 6.41. The zero-order chi connectivity index (χ0) is 13.0. The van der Waals surface area contributed by atoms with E-state index in [-0.39, 0.29) is 11.9 Å². The zero-order valence-electron chi connectivity index (χ0n) is 10.3. The fraction of sp³-hybridized carbons (Fsp3) is 0.462. The second-order valence-electron chi connectivity index (χ2n) is 4.63. The Morgan fingerprint density at radius 2 is 1.94 bits per heavy atom. The maximum Gasteiger partial charge on any atom is 0.253 e. The van der Waals surface area contributed by atoms with E-state index in [2.05, 4.69) is 19.2 Å². The minimum absolute atomic E-state index is 0.134. The van der Waals surface area contributed by atoms with Gasteiger partial charge in [-0.05, 0) is 37.5 Å². The van der Waals surface area contributed by atoms with E-state index in [1.807, 2.05) is 6.92 Å². The van der Waals surface area contributed by atoms with Crippen LogP contribution in [0.15, 0.2) is 18.2 Å². The molecule has 0 bridgehead atoms. The number of hydrogen-bond donors (Lipinski definition) is 1. The lowest BCUT2D eigenvalue weighted by Gasteiger charge is -2.16. The summed E-state index contributed by atoms with van der Waals surface area (Å²) in [6.07, 6.45) is 0.941. The molecule has 4 heteroatoms. The molecule has 0 fully saturated rings. The summed E-state index contributed by atoms with van der Waals surface area (Å²) in [5.74, 6) is 0.394. The van der Waals surface area contributed by atoms with E-state index in [0.717, 1.165) is 6.42 Å². The molecular weight excluding hydrogens is 257 g/mol. The summed E-state index contributed by atoms with van der Waals surface area (Å²) < 4.78 is 0. The number of halogens is 2. The Labute approximate surface area is 112 Å². The van der Waals surface area contributed by atoms with E-state index >= 15 is 0 Å². The first-order valence-electron chi connectivity index (χ1n) is 5.66. The molecule has 0 aromatic heterocycles. The van der Waals surface area contributed by atoms with E-state index in [1.54, 1.807) is 18.2 Å². The van der Waals surface area contributed by atoms with Gasteiger partial charge in [-0.3, -0.25) is 4.79 Å². The number of benzene rings is 1. The van der Waals surface area contributed by atoms with Gasteiger partial charge in [0.15, 0.2) is 0 Å². The van der Waals surface area contributed by atoms with Gasteiger partial charge in [0.05, 0.1) is 10.6 Å². The molecule has 1 rings (SSSR count). The van der Waals surface area contributed by atoms with Gasteiger partial charge >= 0.3 is 0 Å². The van der Waals surface area contributed by atoms with Crippen molar-refractivity contribution in [3.05, 3.63) is 33.8 Å². The van der Waals surface area contributed by atoms with E-state index in [4.69, 9.17) is 23.2 Å². The molecule has 0 radical (unpaired) electrons. The zero-order valence-corrected chi connectivity index (χ0v) is 11.8. The predicted molar refractivity (Wildman–Crippen MR) is 72.8 cm³/mol. The monoisotopic (exact) mass is 273 g/mol. The van der Waals surface area contributed by atoms with Crippen LogP contribution < -0.4 is 5.32 Å². The third kappa shape index (κ3) is 4.57. The minimum atomic E-state index is -0.153. The van der Waals surface area contributed by atoms with Crippen molar-refractivity contribution in [2.45, 2.75) is 33.2 Å². The van der Waals surface area contributed by atoms with Gasteiger partial charge in [-0.25, -0.2) is 0 Å². The fourth-order valence-electron chi connectivity index (χ4n) is 1.74. The topological polar surface area (TPSA) is 29.1 Å². The van der Waals surface area contributed by atoms with E-state index < -0.39 is 0 Å². The molecule has 1 N–H and O–H groups in total. The lowest BCUT2D eigenvalue weighted by atomic mass is 10.0. The van der Waals surface area contributed by atoms with E-state index in [1.165, 1.54) is 0 Å². The number of rotatable bonds is 4. The van der Waals surface area contributed by atoms with Crippen LogP contribution in [0, 0.1) is 5.92 Å². The molecule has 1 amide bonds. The Bertz CT molecular complexity index is 404. The van der Waals surface area contributed by atoms with Gasteiger partial charge in [0.25, 0.3) is 5.91 Å². The molecule has 0 unspecified atom stereocenters. The quantitative estimate of drug-likeness (QED) is 0.877. The average Bonchev–Trinajstić information content (AvgIpc) is 2.15. The van der Waals surface area contributed by atoms with Crippen LogP contribution in [-0.2, 0) is 0 Å². The normalized spacial score (nSPS) is 12.6. The standard InChI is InChI=1S/C13H17Cl2NO/c1-8(2)6-9(3)16-13(17)11-5-4-10(14)7-12(11)15/h4-5,7-9H,6H2,1-3H3,(H,16,17)/t9-/m1/s1. The van der Waals surface area contributed by atoms with Crippen LogP contribution in [0.1, 0.15) is 37.6 Å². The van der Waals surface area contributed by atoms with Crippen molar-refractivity contribution in [1.82, 2.24) is 5.32 Å². The molecule has 2 nitrogen and oxygen atoms in total. The smallest absolute Gasteiger partial charge is 0.253 e. The third-order valence-corrected chi connectivity index (χ3v) is 2.93. The average molecular weight is 274 g/mol. The maximum absolute atomic E-state index is 11.9. The molecule has 0 aliphatic rings. The van der Waals surface area contributed by atoms with Gasteiger partial charge in [0, 0.05) is 11.1 Å². The van der Waals surface area contributed by atoms with Crippen molar-refractivity contribution < 1.29 is 4.79 Å². The van der Waals surface area contributed by atoms with Crippen molar-refractivity contribution >= 4 is 29.1 Å². The van der Waals surface area contributed by atoms with Crippen molar-refractivity contribution in [3.8, 4) is 0 Å². The third-order valence-electron chi connectivity index (χ3n) is 2.38. The molecule has 0 saturated carbocycles. The Kier molecular flexibility index (Phi) is 5.29.